The number of para-hydroxylation sites is 3. The smallest absolute Gasteiger partial charge is 0.0562 e. The average molecular weight is 713 g/mol. The Morgan fingerprint density at radius 2 is 0.857 bits per heavy atom. The molecule has 0 N–H and O–H groups in total. The van der Waals surface area contributed by atoms with Crippen LogP contribution in [0.25, 0.3) is 82.1 Å². The topological polar surface area (TPSA) is 8.17 Å². The lowest BCUT2D eigenvalue weighted by Crippen LogP contribution is -2.12. The van der Waals surface area contributed by atoms with E-state index in [4.69, 9.17) is 0 Å². The van der Waals surface area contributed by atoms with Crippen LogP contribution in [-0.4, -0.2) is 4.57 Å². The molecule has 11 rings (SSSR count). The van der Waals surface area contributed by atoms with Gasteiger partial charge < -0.3 is 9.47 Å². The van der Waals surface area contributed by atoms with Gasteiger partial charge >= 0.3 is 0 Å². The lowest BCUT2D eigenvalue weighted by molar-refractivity contribution is 1.18. The van der Waals surface area contributed by atoms with Crippen LogP contribution in [0.5, 0.6) is 0 Å². The third-order valence-corrected chi connectivity index (χ3v) is 11.4. The fourth-order valence-electron chi connectivity index (χ4n) is 8.88. The number of nitrogens with zero attached hydrogens (tertiary/aromatic N) is 2. The molecule has 0 amide bonds. The van der Waals surface area contributed by atoms with Gasteiger partial charge in [-0.05, 0) is 92.2 Å². The van der Waals surface area contributed by atoms with Crippen LogP contribution in [0.4, 0.5) is 17.1 Å². The molecule has 0 aliphatic carbocycles. The highest BCUT2D eigenvalue weighted by Gasteiger charge is 2.24. The summed E-state index contributed by atoms with van der Waals surface area (Å²) in [4.78, 5) is 2.52. The Balaban J connectivity index is 1.23. The highest BCUT2D eigenvalue weighted by molar-refractivity contribution is 6.22. The summed E-state index contributed by atoms with van der Waals surface area (Å²) in [7, 11) is 0. The second kappa shape index (κ2) is 13.2. The molecule has 11 aromatic rings. The van der Waals surface area contributed by atoms with Gasteiger partial charge in [-0.15, -0.1) is 0 Å². The first kappa shape index (κ1) is 32.0. The summed E-state index contributed by atoms with van der Waals surface area (Å²) >= 11 is 0. The van der Waals surface area contributed by atoms with Crippen molar-refractivity contribution in [2.75, 3.05) is 4.90 Å². The van der Waals surface area contributed by atoms with Crippen LogP contribution in [0.3, 0.4) is 0 Å². The van der Waals surface area contributed by atoms with Crippen molar-refractivity contribution < 1.29 is 0 Å². The summed E-state index contributed by atoms with van der Waals surface area (Å²) < 4.78 is 2.41. The first-order chi connectivity index (χ1) is 27.8. The normalized spacial score (nSPS) is 11.6. The van der Waals surface area contributed by atoms with E-state index >= 15 is 0 Å². The predicted octanol–water partition coefficient (Wildman–Crippen LogP) is 15.0. The van der Waals surface area contributed by atoms with Crippen LogP contribution in [0.15, 0.2) is 218 Å². The zero-order chi connectivity index (χ0) is 37.0. The van der Waals surface area contributed by atoms with E-state index in [9.17, 15) is 0 Å². The summed E-state index contributed by atoms with van der Waals surface area (Å²) in [5.41, 5.74) is 11.6. The molecule has 0 radical (unpaired) electrons. The Labute approximate surface area is 325 Å². The van der Waals surface area contributed by atoms with Crippen molar-refractivity contribution in [1.82, 2.24) is 4.57 Å². The number of rotatable bonds is 6. The molecule has 0 spiro atoms. The number of aromatic nitrogens is 1. The molecule has 0 saturated heterocycles. The number of fused-ring (bicyclic) bond motifs is 8. The predicted molar refractivity (Wildman–Crippen MR) is 239 cm³/mol. The van der Waals surface area contributed by atoms with Crippen molar-refractivity contribution in [3.05, 3.63) is 218 Å². The monoisotopic (exact) mass is 712 g/mol. The van der Waals surface area contributed by atoms with E-state index in [1.807, 2.05) is 0 Å². The molecule has 0 atom stereocenters. The molecule has 10 aromatic carbocycles. The van der Waals surface area contributed by atoms with E-state index in [-0.39, 0.29) is 0 Å². The molecular weight excluding hydrogens is 677 g/mol. The molecule has 0 aliphatic rings. The first-order valence-corrected chi connectivity index (χ1v) is 19.3. The van der Waals surface area contributed by atoms with Crippen molar-refractivity contribution in [3.8, 4) is 27.9 Å². The van der Waals surface area contributed by atoms with E-state index in [0.717, 1.165) is 28.3 Å². The second-order valence-electron chi connectivity index (χ2n) is 14.5. The van der Waals surface area contributed by atoms with Gasteiger partial charge in [0.05, 0.1) is 28.1 Å². The molecule has 56 heavy (non-hydrogen) atoms. The van der Waals surface area contributed by atoms with Gasteiger partial charge in [-0.3, -0.25) is 0 Å². The SMILES string of the molecule is c1ccc(-c2cccc(-c3ccccc3N(c3cccc4c3ccc3c5ccccc5ccc43)c3cccc4c3c3ccccc3n4-c3ccccc3)c2)cc1. The maximum atomic E-state index is 2.52. The van der Waals surface area contributed by atoms with E-state index in [2.05, 4.69) is 228 Å². The Kier molecular flexibility index (Phi) is 7.53. The lowest BCUT2D eigenvalue weighted by atomic mass is 9.94. The fraction of sp³-hybridized carbons (Fsp3) is 0. The van der Waals surface area contributed by atoms with Crippen molar-refractivity contribution >= 4 is 71.2 Å². The van der Waals surface area contributed by atoms with Gasteiger partial charge in [0.15, 0.2) is 0 Å². The molecule has 0 unspecified atom stereocenters. The molecule has 262 valence electrons. The highest BCUT2D eigenvalue weighted by atomic mass is 15.2. The van der Waals surface area contributed by atoms with E-state index < -0.39 is 0 Å². The van der Waals surface area contributed by atoms with Gasteiger partial charge in [0, 0.05) is 27.4 Å². The van der Waals surface area contributed by atoms with Crippen molar-refractivity contribution in [2.45, 2.75) is 0 Å². The number of benzene rings is 10. The molecule has 0 aliphatic heterocycles. The van der Waals surface area contributed by atoms with Gasteiger partial charge in [-0.2, -0.15) is 0 Å². The van der Waals surface area contributed by atoms with Gasteiger partial charge in [-0.1, -0.05) is 170 Å². The number of hydrogen-bond acceptors (Lipinski definition) is 1. The van der Waals surface area contributed by atoms with Crippen LogP contribution >= 0.6 is 0 Å². The summed E-state index contributed by atoms with van der Waals surface area (Å²) in [6.45, 7) is 0. The minimum Gasteiger partial charge on any atom is -0.309 e. The van der Waals surface area contributed by atoms with Crippen molar-refractivity contribution in [2.24, 2.45) is 0 Å². The van der Waals surface area contributed by atoms with Crippen LogP contribution in [0.1, 0.15) is 0 Å². The Morgan fingerprint density at radius 3 is 1.75 bits per heavy atom. The van der Waals surface area contributed by atoms with Gasteiger partial charge in [0.1, 0.15) is 0 Å². The molecule has 0 saturated carbocycles. The average Bonchev–Trinajstić information content (AvgIpc) is 3.62. The second-order valence-corrected chi connectivity index (χ2v) is 14.5. The van der Waals surface area contributed by atoms with Crippen LogP contribution in [-0.2, 0) is 0 Å². The lowest BCUT2D eigenvalue weighted by Gasteiger charge is -2.30. The molecule has 2 nitrogen and oxygen atoms in total. The fourth-order valence-corrected chi connectivity index (χ4v) is 8.88. The quantitative estimate of drug-likeness (QED) is 0.156. The van der Waals surface area contributed by atoms with Crippen molar-refractivity contribution in [1.29, 1.82) is 0 Å². The Bertz CT molecular complexity index is 3250. The molecule has 2 heteroatoms. The van der Waals surface area contributed by atoms with E-state index in [1.54, 1.807) is 0 Å². The zero-order valence-electron chi connectivity index (χ0n) is 30.7. The standard InChI is InChI=1S/C54H36N2/c1-3-16-37(17-4-1)39-19-13-20-40(36-39)43-24-9-11-27-49(43)56(50-29-14-26-44-46-33-32-38-18-7-8-23-42(38)45(46)34-35-47(44)50)53-31-15-30-52-54(53)48-25-10-12-28-51(48)55(52)41-21-5-2-6-22-41/h1-36H. The molecule has 1 heterocycles. The van der Waals surface area contributed by atoms with E-state index in [0.29, 0.717) is 0 Å². The Morgan fingerprint density at radius 1 is 0.304 bits per heavy atom. The van der Waals surface area contributed by atoms with E-state index in [1.165, 1.54) is 70.8 Å². The highest BCUT2D eigenvalue weighted by Crippen LogP contribution is 2.49. The summed E-state index contributed by atoms with van der Waals surface area (Å²) in [5, 5.41) is 9.92. The van der Waals surface area contributed by atoms with Crippen LogP contribution < -0.4 is 4.90 Å². The van der Waals surface area contributed by atoms with Crippen LogP contribution in [0.2, 0.25) is 0 Å². The minimum atomic E-state index is 1.12. The third kappa shape index (κ3) is 5.11. The maximum absolute atomic E-state index is 2.52. The Hall–Kier alpha value is -7.42. The van der Waals surface area contributed by atoms with Crippen LogP contribution in [0, 0.1) is 0 Å². The first-order valence-electron chi connectivity index (χ1n) is 19.3. The summed E-state index contributed by atoms with van der Waals surface area (Å²) in [6, 6.07) is 79.6. The van der Waals surface area contributed by atoms with Crippen molar-refractivity contribution in [3.63, 3.8) is 0 Å². The third-order valence-electron chi connectivity index (χ3n) is 11.4. The largest absolute Gasteiger partial charge is 0.309 e. The number of hydrogen-bond donors (Lipinski definition) is 0. The van der Waals surface area contributed by atoms with Gasteiger partial charge in [-0.25, -0.2) is 0 Å². The zero-order valence-corrected chi connectivity index (χ0v) is 30.7. The molecule has 1 aromatic heterocycles. The molecule has 0 bridgehead atoms. The van der Waals surface area contributed by atoms with Gasteiger partial charge in [0.25, 0.3) is 0 Å². The summed E-state index contributed by atoms with van der Waals surface area (Å²) in [5.74, 6) is 0. The van der Waals surface area contributed by atoms with Gasteiger partial charge in [0.2, 0.25) is 0 Å². The minimum absolute atomic E-state index is 1.12. The maximum Gasteiger partial charge on any atom is 0.0562 e. The molecular formula is C54H36N2. The summed E-state index contributed by atoms with van der Waals surface area (Å²) in [6.07, 6.45) is 0. The molecule has 0 fully saturated rings. The number of anilines is 3.